The summed E-state index contributed by atoms with van der Waals surface area (Å²) in [4.78, 5) is 12.2. The molecule has 1 aromatic carbocycles. The van der Waals surface area contributed by atoms with Crippen LogP contribution in [-0.4, -0.2) is 40.6 Å². The number of H-pyrrole nitrogens is 1. The number of nitrogens with two attached hydrogens (primary N) is 1. The van der Waals surface area contributed by atoms with Gasteiger partial charge in [0, 0.05) is 18.9 Å². The molecular weight excluding hydrogens is 294 g/mol. The van der Waals surface area contributed by atoms with E-state index in [0.29, 0.717) is 24.4 Å². The van der Waals surface area contributed by atoms with Gasteiger partial charge >= 0.3 is 0 Å². The van der Waals surface area contributed by atoms with Crippen molar-refractivity contribution < 1.29 is 9.53 Å². The second kappa shape index (κ2) is 6.84. The maximum absolute atomic E-state index is 12.2. The molecule has 1 amide bonds. The summed E-state index contributed by atoms with van der Waals surface area (Å²) in [5.41, 5.74) is 8.18. The van der Waals surface area contributed by atoms with Crippen molar-refractivity contribution in [3.8, 4) is 0 Å². The minimum atomic E-state index is -0.507. The zero-order valence-corrected chi connectivity index (χ0v) is 12.2. The summed E-state index contributed by atoms with van der Waals surface area (Å²) in [7, 11) is 0. The number of carbonyl (C=O) groups is 1. The van der Waals surface area contributed by atoms with Crippen molar-refractivity contribution in [1.82, 2.24) is 15.4 Å². The van der Waals surface area contributed by atoms with Crippen molar-refractivity contribution in [3.05, 3.63) is 18.2 Å². The first kappa shape index (κ1) is 15.7. The number of carbonyl (C=O) groups excluding carboxylic acids is 1. The maximum atomic E-state index is 12.2. The molecule has 0 saturated carbocycles. The van der Waals surface area contributed by atoms with Crippen LogP contribution < -0.4 is 11.1 Å². The minimum Gasteiger partial charge on any atom is -0.381 e. The number of halogens is 1. The fraction of sp³-hybridized carbons (Fsp3) is 0.462. The van der Waals surface area contributed by atoms with Crippen LogP contribution in [0.25, 0.3) is 11.0 Å². The van der Waals surface area contributed by atoms with Gasteiger partial charge < -0.3 is 15.8 Å². The van der Waals surface area contributed by atoms with E-state index in [1.807, 2.05) is 0 Å². The molecule has 1 aliphatic rings. The van der Waals surface area contributed by atoms with Gasteiger partial charge in [-0.05, 0) is 37.0 Å². The molecule has 1 unspecified atom stereocenters. The number of ether oxygens (including phenoxy) is 1. The topological polar surface area (TPSA) is 106 Å². The van der Waals surface area contributed by atoms with Crippen LogP contribution in [0.3, 0.4) is 0 Å². The maximum Gasteiger partial charge on any atom is 0.241 e. The van der Waals surface area contributed by atoms with Crippen LogP contribution in [0.15, 0.2) is 18.2 Å². The number of hydrogen-bond acceptors (Lipinski definition) is 5. The molecule has 1 atom stereocenters. The zero-order chi connectivity index (χ0) is 13.9. The fourth-order valence-electron chi connectivity index (χ4n) is 2.43. The molecule has 0 radical (unpaired) electrons. The van der Waals surface area contributed by atoms with E-state index in [-0.39, 0.29) is 24.2 Å². The molecule has 3 rings (SSSR count). The number of amides is 1. The summed E-state index contributed by atoms with van der Waals surface area (Å²) in [5, 5.41) is 13.3. The van der Waals surface area contributed by atoms with E-state index in [0.717, 1.165) is 18.4 Å². The van der Waals surface area contributed by atoms with Crippen LogP contribution in [0.5, 0.6) is 0 Å². The highest BCUT2D eigenvalue weighted by Crippen LogP contribution is 2.20. The van der Waals surface area contributed by atoms with Crippen LogP contribution in [0.1, 0.15) is 12.8 Å². The van der Waals surface area contributed by atoms with Crippen LogP contribution in [-0.2, 0) is 9.53 Å². The number of nitrogens with zero attached hydrogens (tertiary/aromatic N) is 2. The lowest BCUT2D eigenvalue weighted by Crippen LogP contribution is -2.43. The summed E-state index contributed by atoms with van der Waals surface area (Å²) < 4.78 is 5.28. The molecule has 1 saturated heterocycles. The molecule has 1 fully saturated rings. The number of aromatic amines is 1. The van der Waals surface area contributed by atoms with Crippen molar-refractivity contribution in [1.29, 1.82) is 0 Å². The van der Waals surface area contributed by atoms with Crippen LogP contribution in [0.2, 0.25) is 0 Å². The van der Waals surface area contributed by atoms with E-state index < -0.39 is 6.04 Å². The van der Waals surface area contributed by atoms with Crippen LogP contribution in [0.4, 0.5) is 5.69 Å². The van der Waals surface area contributed by atoms with Gasteiger partial charge in [0.25, 0.3) is 0 Å². The molecule has 0 bridgehead atoms. The lowest BCUT2D eigenvalue weighted by molar-refractivity contribution is -0.119. The number of anilines is 1. The zero-order valence-electron chi connectivity index (χ0n) is 11.4. The Hall–Kier alpha value is -1.70. The van der Waals surface area contributed by atoms with E-state index in [9.17, 15) is 4.79 Å². The van der Waals surface area contributed by atoms with Gasteiger partial charge in [-0.3, -0.25) is 4.79 Å². The van der Waals surface area contributed by atoms with Gasteiger partial charge in [-0.1, -0.05) is 0 Å². The van der Waals surface area contributed by atoms with Crippen molar-refractivity contribution in [2.24, 2.45) is 11.7 Å². The Morgan fingerprint density at radius 3 is 2.81 bits per heavy atom. The number of fused-ring (bicyclic) bond motifs is 1. The molecule has 2 heterocycles. The van der Waals surface area contributed by atoms with E-state index in [1.54, 1.807) is 18.2 Å². The Bertz CT molecular complexity index is 611. The molecule has 8 heteroatoms. The first-order valence-electron chi connectivity index (χ1n) is 6.69. The SMILES string of the molecule is Cl.NC(C(=O)Nc1ccc2n[nH]nc2c1)C1CCOCC1. The van der Waals surface area contributed by atoms with Crippen LogP contribution >= 0.6 is 12.4 Å². The minimum absolute atomic E-state index is 0. The first-order chi connectivity index (χ1) is 9.74. The molecule has 0 aliphatic carbocycles. The first-order valence-corrected chi connectivity index (χ1v) is 6.69. The Labute approximate surface area is 128 Å². The molecule has 1 aliphatic heterocycles. The summed E-state index contributed by atoms with van der Waals surface area (Å²) >= 11 is 0. The van der Waals surface area contributed by atoms with Crippen molar-refractivity contribution in [2.45, 2.75) is 18.9 Å². The van der Waals surface area contributed by atoms with E-state index in [4.69, 9.17) is 10.5 Å². The van der Waals surface area contributed by atoms with E-state index in [1.165, 1.54) is 0 Å². The molecule has 114 valence electrons. The Morgan fingerprint density at radius 2 is 2.05 bits per heavy atom. The summed E-state index contributed by atoms with van der Waals surface area (Å²) in [6.45, 7) is 1.35. The van der Waals surface area contributed by atoms with Gasteiger partial charge in [0.05, 0.1) is 6.04 Å². The highest BCUT2D eigenvalue weighted by atomic mass is 35.5. The van der Waals surface area contributed by atoms with Gasteiger partial charge in [0.1, 0.15) is 11.0 Å². The summed E-state index contributed by atoms with van der Waals surface area (Å²) in [5.74, 6) is 0.0132. The van der Waals surface area contributed by atoms with Gasteiger partial charge in [-0.2, -0.15) is 15.4 Å². The van der Waals surface area contributed by atoms with E-state index in [2.05, 4.69) is 20.7 Å². The second-order valence-electron chi connectivity index (χ2n) is 4.99. The number of nitrogens with one attached hydrogen (secondary N) is 2. The highest BCUT2D eigenvalue weighted by molar-refractivity contribution is 5.96. The van der Waals surface area contributed by atoms with Gasteiger partial charge in [0.2, 0.25) is 5.91 Å². The lowest BCUT2D eigenvalue weighted by atomic mass is 9.92. The van der Waals surface area contributed by atoms with E-state index >= 15 is 0 Å². The Morgan fingerprint density at radius 1 is 1.33 bits per heavy atom. The summed E-state index contributed by atoms with van der Waals surface area (Å²) in [6.07, 6.45) is 1.66. The van der Waals surface area contributed by atoms with Crippen molar-refractivity contribution >= 4 is 35.0 Å². The average Bonchev–Trinajstić information content (AvgIpc) is 2.95. The third kappa shape index (κ3) is 3.49. The molecule has 4 N–H and O–H groups in total. The molecular formula is C13H18ClN5O2. The standard InChI is InChI=1S/C13H17N5O2.ClH/c14-12(8-3-5-20-6-4-8)13(19)15-9-1-2-10-11(7-9)17-18-16-10;/h1-2,7-8,12H,3-6,14H2,(H,15,19)(H,16,17,18);1H. The monoisotopic (exact) mass is 311 g/mol. The smallest absolute Gasteiger partial charge is 0.241 e. The normalized spacial score (nSPS) is 17.2. The Kier molecular flexibility index (Phi) is 5.11. The third-order valence-electron chi connectivity index (χ3n) is 3.66. The molecule has 7 nitrogen and oxygen atoms in total. The largest absolute Gasteiger partial charge is 0.381 e. The quantitative estimate of drug-likeness (QED) is 0.786. The van der Waals surface area contributed by atoms with Crippen molar-refractivity contribution in [2.75, 3.05) is 18.5 Å². The van der Waals surface area contributed by atoms with Gasteiger partial charge in [-0.25, -0.2) is 0 Å². The third-order valence-corrected chi connectivity index (χ3v) is 3.66. The Balaban J connectivity index is 0.00000161. The van der Waals surface area contributed by atoms with Crippen molar-refractivity contribution in [3.63, 3.8) is 0 Å². The highest BCUT2D eigenvalue weighted by Gasteiger charge is 2.26. The number of aromatic nitrogens is 3. The molecule has 0 spiro atoms. The summed E-state index contributed by atoms with van der Waals surface area (Å²) in [6, 6.07) is 4.85. The van der Waals surface area contributed by atoms with Gasteiger partial charge in [-0.15, -0.1) is 12.4 Å². The molecule has 2 aromatic rings. The predicted molar refractivity (Wildman–Crippen MR) is 81.3 cm³/mol. The number of rotatable bonds is 3. The number of hydrogen-bond donors (Lipinski definition) is 3. The van der Waals surface area contributed by atoms with Gasteiger partial charge in [0.15, 0.2) is 0 Å². The molecule has 21 heavy (non-hydrogen) atoms. The molecule has 1 aromatic heterocycles. The number of benzene rings is 1. The average molecular weight is 312 g/mol. The second-order valence-corrected chi connectivity index (χ2v) is 4.99. The lowest BCUT2D eigenvalue weighted by Gasteiger charge is -2.26. The fourth-order valence-corrected chi connectivity index (χ4v) is 2.43. The predicted octanol–water partition coefficient (Wildman–Crippen LogP) is 1.07. The van der Waals surface area contributed by atoms with Crippen LogP contribution in [0, 0.1) is 5.92 Å².